The lowest BCUT2D eigenvalue weighted by atomic mass is 10.1. The van der Waals surface area contributed by atoms with Crippen LogP contribution in [-0.2, 0) is 11.3 Å². The molecule has 1 aliphatic rings. The SMILES string of the molecule is CCCOc1ccc(/C=N\NC(=O)CN2CCN(Cc3ccc(C)cc3)CC2)cc1. The van der Waals surface area contributed by atoms with Gasteiger partial charge in [0, 0.05) is 32.7 Å². The number of hydrogen-bond acceptors (Lipinski definition) is 5. The summed E-state index contributed by atoms with van der Waals surface area (Å²) >= 11 is 0. The number of ether oxygens (including phenoxy) is 1. The van der Waals surface area contributed by atoms with Crippen LogP contribution < -0.4 is 10.2 Å². The van der Waals surface area contributed by atoms with Crippen LogP contribution in [0.4, 0.5) is 0 Å². The van der Waals surface area contributed by atoms with Crippen molar-refractivity contribution in [3.63, 3.8) is 0 Å². The predicted molar refractivity (Wildman–Crippen MR) is 121 cm³/mol. The summed E-state index contributed by atoms with van der Waals surface area (Å²) < 4.78 is 5.56. The van der Waals surface area contributed by atoms with E-state index < -0.39 is 0 Å². The summed E-state index contributed by atoms with van der Waals surface area (Å²) in [4.78, 5) is 16.8. The monoisotopic (exact) mass is 408 g/mol. The molecule has 160 valence electrons. The van der Waals surface area contributed by atoms with Crippen molar-refractivity contribution in [1.82, 2.24) is 15.2 Å². The molecule has 30 heavy (non-hydrogen) atoms. The first-order valence-electron chi connectivity index (χ1n) is 10.7. The number of aryl methyl sites for hydroxylation is 1. The second kappa shape index (κ2) is 11.5. The van der Waals surface area contributed by atoms with Gasteiger partial charge in [0.15, 0.2) is 0 Å². The summed E-state index contributed by atoms with van der Waals surface area (Å²) in [5, 5.41) is 4.07. The minimum atomic E-state index is -0.0823. The number of amides is 1. The third-order valence-electron chi connectivity index (χ3n) is 5.11. The van der Waals surface area contributed by atoms with Crippen LogP contribution in [0, 0.1) is 6.92 Å². The summed E-state index contributed by atoms with van der Waals surface area (Å²) in [7, 11) is 0. The quantitative estimate of drug-likeness (QED) is 0.512. The molecule has 1 aliphatic heterocycles. The molecule has 0 atom stereocenters. The van der Waals surface area contributed by atoms with E-state index in [1.807, 2.05) is 24.3 Å². The maximum atomic E-state index is 12.2. The van der Waals surface area contributed by atoms with Crippen LogP contribution in [0.2, 0.25) is 0 Å². The van der Waals surface area contributed by atoms with Crippen LogP contribution in [0.1, 0.15) is 30.0 Å². The fourth-order valence-electron chi connectivity index (χ4n) is 3.34. The van der Waals surface area contributed by atoms with Crippen molar-refractivity contribution >= 4 is 12.1 Å². The third kappa shape index (κ3) is 7.28. The Kier molecular flexibility index (Phi) is 8.41. The molecular formula is C24H32N4O2. The van der Waals surface area contributed by atoms with Crippen LogP contribution in [0.3, 0.4) is 0 Å². The molecule has 0 saturated carbocycles. The zero-order chi connectivity index (χ0) is 21.2. The highest BCUT2D eigenvalue weighted by molar-refractivity contribution is 5.83. The average Bonchev–Trinajstić information content (AvgIpc) is 2.76. The number of piperazine rings is 1. The summed E-state index contributed by atoms with van der Waals surface area (Å²) in [6, 6.07) is 16.4. The second-order valence-corrected chi connectivity index (χ2v) is 7.75. The number of nitrogens with one attached hydrogen (secondary N) is 1. The van der Waals surface area contributed by atoms with Gasteiger partial charge in [0.05, 0.1) is 19.4 Å². The van der Waals surface area contributed by atoms with Gasteiger partial charge in [0.25, 0.3) is 5.91 Å². The zero-order valence-electron chi connectivity index (χ0n) is 18.0. The van der Waals surface area contributed by atoms with Gasteiger partial charge in [-0.2, -0.15) is 5.10 Å². The summed E-state index contributed by atoms with van der Waals surface area (Å²) in [6.07, 6.45) is 2.64. The van der Waals surface area contributed by atoms with Crippen molar-refractivity contribution in [2.24, 2.45) is 5.10 Å². The molecule has 1 N–H and O–H groups in total. The van der Waals surface area contributed by atoms with Gasteiger partial charge in [0.2, 0.25) is 0 Å². The maximum absolute atomic E-state index is 12.2. The van der Waals surface area contributed by atoms with Crippen LogP contribution in [0.5, 0.6) is 5.75 Å². The van der Waals surface area contributed by atoms with Crippen molar-refractivity contribution in [3.05, 3.63) is 65.2 Å². The minimum absolute atomic E-state index is 0.0823. The fourth-order valence-corrected chi connectivity index (χ4v) is 3.34. The number of nitrogens with zero attached hydrogens (tertiary/aromatic N) is 3. The van der Waals surface area contributed by atoms with E-state index in [1.165, 1.54) is 11.1 Å². The third-order valence-corrected chi connectivity index (χ3v) is 5.11. The molecule has 1 saturated heterocycles. The molecule has 0 spiro atoms. The van der Waals surface area contributed by atoms with E-state index in [-0.39, 0.29) is 5.91 Å². The largest absolute Gasteiger partial charge is 0.494 e. The molecular weight excluding hydrogens is 376 g/mol. The molecule has 6 heteroatoms. The van der Waals surface area contributed by atoms with Crippen LogP contribution in [-0.4, -0.2) is 61.3 Å². The first kappa shape index (κ1) is 22.0. The highest BCUT2D eigenvalue weighted by Crippen LogP contribution is 2.11. The molecule has 1 heterocycles. The van der Waals surface area contributed by atoms with Crippen molar-refractivity contribution in [1.29, 1.82) is 0 Å². The van der Waals surface area contributed by atoms with Gasteiger partial charge in [-0.1, -0.05) is 36.8 Å². The molecule has 0 radical (unpaired) electrons. The first-order chi connectivity index (χ1) is 14.6. The number of carbonyl (C=O) groups is 1. The lowest BCUT2D eigenvalue weighted by molar-refractivity contribution is -0.122. The number of benzene rings is 2. The number of rotatable bonds is 9. The van der Waals surface area contributed by atoms with E-state index in [9.17, 15) is 4.79 Å². The van der Waals surface area contributed by atoms with Gasteiger partial charge in [-0.05, 0) is 48.7 Å². The Hall–Kier alpha value is -2.70. The smallest absolute Gasteiger partial charge is 0.254 e. The number of carbonyl (C=O) groups excluding carboxylic acids is 1. The Bertz CT molecular complexity index is 810. The molecule has 0 aliphatic carbocycles. The van der Waals surface area contributed by atoms with Gasteiger partial charge in [-0.25, -0.2) is 5.43 Å². The molecule has 1 fully saturated rings. The molecule has 0 unspecified atom stereocenters. The summed E-state index contributed by atoms with van der Waals surface area (Å²) in [6.45, 7) is 9.96. The Morgan fingerprint density at radius 1 is 1.03 bits per heavy atom. The van der Waals surface area contributed by atoms with Gasteiger partial charge < -0.3 is 4.74 Å². The lowest BCUT2D eigenvalue weighted by Crippen LogP contribution is -2.48. The van der Waals surface area contributed by atoms with E-state index in [0.717, 1.165) is 50.5 Å². The molecule has 0 aromatic heterocycles. The lowest BCUT2D eigenvalue weighted by Gasteiger charge is -2.34. The topological polar surface area (TPSA) is 57.2 Å². The van der Waals surface area contributed by atoms with Crippen molar-refractivity contribution in [2.75, 3.05) is 39.3 Å². The highest BCUT2D eigenvalue weighted by Gasteiger charge is 2.18. The fraction of sp³-hybridized carbons (Fsp3) is 0.417. The second-order valence-electron chi connectivity index (χ2n) is 7.75. The van der Waals surface area contributed by atoms with Gasteiger partial charge >= 0.3 is 0 Å². The van der Waals surface area contributed by atoms with Crippen LogP contribution in [0.15, 0.2) is 53.6 Å². The van der Waals surface area contributed by atoms with Crippen LogP contribution in [0.25, 0.3) is 0 Å². The maximum Gasteiger partial charge on any atom is 0.254 e. The van der Waals surface area contributed by atoms with Gasteiger partial charge in [0.1, 0.15) is 5.75 Å². The van der Waals surface area contributed by atoms with Crippen molar-refractivity contribution in [3.8, 4) is 5.75 Å². The first-order valence-corrected chi connectivity index (χ1v) is 10.7. The Labute approximate surface area is 179 Å². The normalized spacial score (nSPS) is 15.4. The minimum Gasteiger partial charge on any atom is -0.494 e. The molecule has 2 aromatic rings. The summed E-state index contributed by atoms with van der Waals surface area (Å²) in [5.74, 6) is 0.765. The highest BCUT2D eigenvalue weighted by atomic mass is 16.5. The van der Waals surface area contributed by atoms with Crippen molar-refractivity contribution < 1.29 is 9.53 Å². The average molecular weight is 409 g/mol. The Balaban J connectivity index is 1.35. The van der Waals surface area contributed by atoms with Gasteiger partial charge in [-0.15, -0.1) is 0 Å². The van der Waals surface area contributed by atoms with E-state index in [0.29, 0.717) is 13.2 Å². The predicted octanol–water partition coefficient (Wildman–Crippen LogP) is 3.05. The zero-order valence-corrected chi connectivity index (χ0v) is 18.0. The molecule has 0 bridgehead atoms. The van der Waals surface area contributed by atoms with Crippen LogP contribution >= 0.6 is 0 Å². The summed E-state index contributed by atoms with van der Waals surface area (Å²) in [5.41, 5.74) is 6.17. The molecule has 1 amide bonds. The molecule has 6 nitrogen and oxygen atoms in total. The standard InChI is InChI=1S/C24H32N4O2/c1-3-16-30-23-10-8-21(9-11-23)17-25-26-24(29)19-28-14-12-27(13-15-28)18-22-6-4-20(2)5-7-22/h4-11,17H,3,12-16,18-19H2,1-2H3,(H,26,29)/b25-17-. The van der Waals surface area contributed by atoms with Gasteiger partial charge in [-0.3, -0.25) is 14.6 Å². The van der Waals surface area contributed by atoms with E-state index in [2.05, 4.69) is 58.4 Å². The van der Waals surface area contributed by atoms with E-state index >= 15 is 0 Å². The molecule has 2 aromatic carbocycles. The number of hydrogen-bond donors (Lipinski definition) is 1. The van der Waals surface area contributed by atoms with Crippen molar-refractivity contribution in [2.45, 2.75) is 26.8 Å². The Morgan fingerprint density at radius 3 is 2.37 bits per heavy atom. The Morgan fingerprint density at radius 2 is 1.70 bits per heavy atom. The van der Waals surface area contributed by atoms with E-state index in [4.69, 9.17) is 4.74 Å². The molecule has 3 rings (SSSR count). The number of hydrazone groups is 1. The van der Waals surface area contributed by atoms with E-state index in [1.54, 1.807) is 6.21 Å².